The molecule has 2 aromatic carbocycles. The van der Waals surface area contributed by atoms with E-state index in [0.717, 1.165) is 28.9 Å². The largest absolute Gasteiger partial charge is 0.381 e. The van der Waals surface area contributed by atoms with E-state index in [9.17, 15) is 9.32 Å². The van der Waals surface area contributed by atoms with Crippen molar-refractivity contribution < 1.29 is 9.32 Å². The molecule has 1 N–H and O–H groups in total. The Morgan fingerprint density at radius 2 is 1.76 bits per heavy atom. The van der Waals surface area contributed by atoms with Crippen molar-refractivity contribution in [1.29, 1.82) is 0 Å². The minimum Gasteiger partial charge on any atom is -0.381 e. The molecule has 2 nitrogen and oxygen atoms in total. The summed E-state index contributed by atoms with van der Waals surface area (Å²) in [5, 5.41) is 13.7. The maximum absolute atomic E-state index is 12.7. The molecule has 0 saturated heterocycles. The van der Waals surface area contributed by atoms with Gasteiger partial charge in [0.05, 0.1) is 10.8 Å². The van der Waals surface area contributed by atoms with Gasteiger partial charge < -0.3 is 5.11 Å². The van der Waals surface area contributed by atoms with Crippen LogP contribution in [0.1, 0.15) is 44.2 Å². The molecule has 0 amide bonds. The highest BCUT2D eigenvalue weighted by Crippen LogP contribution is 2.35. The van der Waals surface area contributed by atoms with Crippen molar-refractivity contribution in [2.24, 2.45) is 0 Å². The standard InChI is InChI=1S/C21H25ClO2S/c1-4-5-14-21(23,18-8-10-19(22)11-9-18)17(3)15-25(24)20-12-6-16(2)7-13-20/h6-13,15,23H,4-5,14H2,1-3H3/b17-15-/t21-,25?/m0/s1. The Bertz CT molecular complexity index is 750. The summed E-state index contributed by atoms with van der Waals surface area (Å²) in [6.07, 6.45) is 2.43. The minimum atomic E-state index is -1.30. The Labute approximate surface area is 158 Å². The summed E-state index contributed by atoms with van der Waals surface area (Å²) in [5.41, 5.74) is 1.46. The first-order chi connectivity index (χ1) is 11.9. The summed E-state index contributed by atoms with van der Waals surface area (Å²) in [4.78, 5) is 0.735. The van der Waals surface area contributed by atoms with E-state index in [4.69, 9.17) is 11.6 Å². The Morgan fingerprint density at radius 3 is 2.32 bits per heavy atom. The van der Waals surface area contributed by atoms with Crippen LogP contribution in [-0.4, -0.2) is 9.32 Å². The van der Waals surface area contributed by atoms with Crippen molar-refractivity contribution in [3.63, 3.8) is 0 Å². The maximum atomic E-state index is 12.7. The predicted molar refractivity (Wildman–Crippen MR) is 106 cm³/mol. The lowest BCUT2D eigenvalue weighted by molar-refractivity contribution is 0.0643. The summed E-state index contributed by atoms with van der Waals surface area (Å²) < 4.78 is 12.7. The molecule has 0 aliphatic heterocycles. The molecule has 25 heavy (non-hydrogen) atoms. The first-order valence-electron chi connectivity index (χ1n) is 8.51. The SMILES string of the molecule is CCCC[C@](O)(/C(C)=C\S(=O)c1ccc(C)cc1)c1ccc(Cl)cc1. The van der Waals surface area contributed by atoms with Crippen molar-refractivity contribution in [2.45, 2.75) is 50.5 Å². The van der Waals surface area contributed by atoms with Gasteiger partial charge in [0.15, 0.2) is 0 Å². The van der Waals surface area contributed by atoms with E-state index in [2.05, 4.69) is 6.92 Å². The average molecular weight is 377 g/mol. The number of aliphatic hydroxyl groups is 1. The molecule has 134 valence electrons. The van der Waals surface area contributed by atoms with E-state index in [1.54, 1.807) is 17.5 Å². The zero-order valence-electron chi connectivity index (χ0n) is 15.0. The van der Waals surface area contributed by atoms with Gasteiger partial charge in [0.1, 0.15) is 5.60 Å². The van der Waals surface area contributed by atoms with Gasteiger partial charge in [-0.25, -0.2) is 4.21 Å². The van der Waals surface area contributed by atoms with Crippen molar-refractivity contribution in [3.8, 4) is 0 Å². The number of rotatable bonds is 7. The van der Waals surface area contributed by atoms with Gasteiger partial charge in [-0.2, -0.15) is 0 Å². The Morgan fingerprint density at radius 1 is 1.16 bits per heavy atom. The molecule has 0 spiro atoms. The van der Waals surface area contributed by atoms with Gasteiger partial charge >= 0.3 is 0 Å². The minimum absolute atomic E-state index is 0.582. The van der Waals surface area contributed by atoms with Crippen molar-refractivity contribution in [1.82, 2.24) is 0 Å². The third-order valence-corrected chi connectivity index (χ3v) is 5.96. The van der Waals surface area contributed by atoms with Gasteiger partial charge in [-0.15, -0.1) is 0 Å². The van der Waals surface area contributed by atoms with Gasteiger partial charge in [0.2, 0.25) is 0 Å². The second-order valence-corrected chi connectivity index (χ2v) is 8.12. The summed E-state index contributed by atoms with van der Waals surface area (Å²) in [5.74, 6) is 0. The Hall–Kier alpha value is -1.42. The maximum Gasteiger partial charge on any atom is 0.111 e. The van der Waals surface area contributed by atoms with Crippen molar-refractivity contribution in [2.75, 3.05) is 0 Å². The number of halogens is 1. The molecular formula is C21H25ClO2S. The molecule has 0 fully saturated rings. The Balaban J connectivity index is 2.36. The summed E-state index contributed by atoms with van der Waals surface area (Å²) in [6, 6.07) is 14.8. The topological polar surface area (TPSA) is 37.3 Å². The van der Waals surface area contributed by atoms with E-state index in [-0.39, 0.29) is 0 Å². The molecule has 0 bridgehead atoms. The quantitative estimate of drug-likeness (QED) is 0.669. The molecule has 0 radical (unpaired) electrons. The fourth-order valence-electron chi connectivity index (χ4n) is 2.73. The molecule has 0 saturated carbocycles. The Kier molecular flexibility index (Phi) is 7.00. The molecule has 4 heteroatoms. The van der Waals surface area contributed by atoms with Crippen LogP contribution in [0.4, 0.5) is 0 Å². The number of hydrogen-bond donors (Lipinski definition) is 1. The molecular weight excluding hydrogens is 352 g/mol. The molecule has 2 atom stereocenters. The van der Waals surface area contributed by atoms with Crippen molar-refractivity contribution >= 4 is 22.4 Å². The van der Waals surface area contributed by atoms with Crippen LogP contribution in [0.15, 0.2) is 64.4 Å². The van der Waals surface area contributed by atoms with Gasteiger partial charge in [-0.3, -0.25) is 0 Å². The van der Waals surface area contributed by atoms with E-state index in [1.807, 2.05) is 50.2 Å². The highest BCUT2D eigenvalue weighted by Gasteiger charge is 2.31. The molecule has 2 rings (SSSR count). The van der Waals surface area contributed by atoms with Gasteiger partial charge in [0.25, 0.3) is 0 Å². The van der Waals surface area contributed by atoms with Crippen LogP contribution in [0, 0.1) is 6.92 Å². The number of aryl methyl sites for hydroxylation is 1. The van der Waals surface area contributed by atoms with E-state index in [0.29, 0.717) is 17.0 Å². The lowest BCUT2D eigenvalue weighted by atomic mass is 9.83. The zero-order valence-corrected chi connectivity index (χ0v) is 16.5. The third-order valence-electron chi connectivity index (χ3n) is 4.40. The molecule has 2 aromatic rings. The average Bonchev–Trinajstić information content (AvgIpc) is 2.60. The van der Waals surface area contributed by atoms with E-state index in [1.165, 1.54) is 0 Å². The summed E-state index contributed by atoms with van der Waals surface area (Å²) in [7, 11) is -1.30. The van der Waals surface area contributed by atoms with Crippen LogP contribution in [0.2, 0.25) is 5.02 Å². The number of hydrogen-bond acceptors (Lipinski definition) is 2. The lowest BCUT2D eigenvalue weighted by Gasteiger charge is -2.30. The van der Waals surface area contributed by atoms with Gasteiger partial charge in [0, 0.05) is 15.3 Å². The zero-order chi connectivity index (χ0) is 18.4. The summed E-state index contributed by atoms with van der Waals surface area (Å²) in [6.45, 7) is 5.93. The first kappa shape index (κ1) is 19.9. The summed E-state index contributed by atoms with van der Waals surface area (Å²) >= 11 is 5.98. The lowest BCUT2D eigenvalue weighted by Crippen LogP contribution is -2.27. The molecule has 0 heterocycles. The fraction of sp³-hybridized carbons (Fsp3) is 0.333. The molecule has 0 aliphatic carbocycles. The molecule has 0 aromatic heterocycles. The molecule has 0 aliphatic rings. The van der Waals surface area contributed by atoms with Crippen LogP contribution in [0.25, 0.3) is 0 Å². The molecule has 1 unspecified atom stereocenters. The van der Waals surface area contributed by atoms with Crippen LogP contribution in [0.5, 0.6) is 0 Å². The highest BCUT2D eigenvalue weighted by atomic mass is 35.5. The number of benzene rings is 2. The highest BCUT2D eigenvalue weighted by molar-refractivity contribution is 7.88. The predicted octanol–water partition coefficient (Wildman–Crippen LogP) is 5.74. The van der Waals surface area contributed by atoms with Gasteiger partial charge in [-0.1, -0.05) is 61.2 Å². The van der Waals surface area contributed by atoms with Crippen LogP contribution in [-0.2, 0) is 16.4 Å². The van der Waals surface area contributed by atoms with E-state index < -0.39 is 16.4 Å². The first-order valence-corrected chi connectivity index (χ1v) is 10.1. The normalized spacial score (nSPS) is 15.6. The van der Waals surface area contributed by atoms with Crippen molar-refractivity contribution in [3.05, 3.63) is 75.7 Å². The monoisotopic (exact) mass is 376 g/mol. The fourth-order valence-corrected chi connectivity index (χ4v) is 3.91. The second kappa shape index (κ2) is 8.79. The second-order valence-electron chi connectivity index (χ2n) is 6.38. The van der Waals surface area contributed by atoms with Crippen LogP contribution >= 0.6 is 11.6 Å². The smallest absolute Gasteiger partial charge is 0.111 e. The van der Waals surface area contributed by atoms with Crippen LogP contribution in [0.3, 0.4) is 0 Å². The van der Waals surface area contributed by atoms with Crippen LogP contribution < -0.4 is 0 Å². The third kappa shape index (κ3) is 5.04. The number of unbranched alkanes of at least 4 members (excludes halogenated alkanes) is 1. The van der Waals surface area contributed by atoms with Gasteiger partial charge in [-0.05, 0) is 55.7 Å². The van der Waals surface area contributed by atoms with E-state index >= 15 is 0 Å².